The lowest BCUT2D eigenvalue weighted by Gasteiger charge is -2.16. The molecule has 0 unspecified atom stereocenters. The summed E-state index contributed by atoms with van der Waals surface area (Å²) in [6.07, 6.45) is 8.33. The molecule has 3 heterocycles. The SMILES string of the molecule is C#CCn1c(C)c(-n2nnc3cc(F)c(F)cc32)c(=O)n(-c2cnccc2C)c1=O. The number of fused-ring (bicyclic) bond motifs is 1. The second kappa shape index (κ2) is 7.04. The zero-order chi connectivity index (χ0) is 21.6. The molecule has 0 aliphatic rings. The monoisotopic (exact) mass is 408 g/mol. The van der Waals surface area contributed by atoms with Crippen molar-refractivity contribution in [3.8, 4) is 23.7 Å². The number of hydrogen-bond acceptors (Lipinski definition) is 5. The minimum atomic E-state index is -1.12. The molecular formula is C20H14F2N6O2. The summed E-state index contributed by atoms with van der Waals surface area (Å²) in [5.74, 6) is 0.170. The maximum atomic E-state index is 13.9. The molecule has 3 aromatic heterocycles. The third kappa shape index (κ3) is 2.79. The van der Waals surface area contributed by atoms with Crippen LogP contribution in [-0.2, 0) is 6.54 Å². The van der Waals surface area contributed by atoms with Gasteiger partial charge < -0.3 is 0 Å². The average Bonchev–Trinajstić information content (AvgIpc) is 3.09. The Hall–Kier alpha value is -4.13. The van der Waals surface area contributed by atoms with Gasteiger partial charge in [-0.1, -0.05) is 11.1 Å². The average molecular weight is 408 g/mol. The Labute approximate surface area is 168 Å². The first-order valence-electron chi connectivity index (χ1n) is 8.77. The van der Waals surface area contributed by atoms with E-state index in [2.05, 4.69) is 21.2 Å². The molecule has 0 radical (unpaired) electrons. The highest BCUT2D eigenvalue weighted by atomic mass is 19.2. The van der Waals surface area contributed by atoms with Crippen LogP contribution in [-0.4, -0.2) is 29.1 Å². The topological polar surface area (TPSA) is 87.6 Å². The van der Waals surface area contributed by atoms with Crippen LogP contribution in [0.2, 0.25) is 0 Å². The zero-order valence-corrected chi connectivity index (χ0v) is 15.9. The Morgan fingerprint density at radius 3 is 2.60 bits per heavy atom. The minimum absolute atomic E-state index is 0.0477. The summed E-state index contributed by atoms with van der Waals surface area (Å²) in [7, 11) is 0. The Bertz CT molecular complexity index is 1480. The number of hydrogen-bond donors (Lipinski definition) is 0. The fraction of sp³-hybridized carbons (Fsp3) is 0.150. The van der Waals surface area contributed by atoms with Gasteiger partial charge in [0.25, 0.3) is 5.56 Å². The van der Waals surface area contributed by atoms with Crippen LogP contribution in [0.4, 0.5) is 8.78 Å². The number of terminal acetylenes is 1. The van der Waals surface area contributed by atoms with E-state index in [1.165, 1.54) is 23.9 Å². The van der Waals surface area contributed by atoms with Crippen LogP contribution in [0.1, 0.15) is 11.3 Å². The maximum absolute atomic E-state index is 13.9. The normalized spacial score (nSPS) is 11.0. The Morgan fingerprint density at radius 1 is 1.17 bits per heavy atom. The molecule has 0 aliphatic heterocycles. The molecule has 0 atom stereocenters. The van der Waals surface area contributed by atoms with Crippen LogP contribution in [0.5, 0.6) is 0 Å². The lowest BCUT2D eigenvalue weighted by atomic mass is 10.2. The van der Waals surface area contributed by atoms with Crippen molar-refractivity contribution in [1.82, 2.24) is 29.1 Å². The van der Waals surface area contributed by atoms with Gasteiger partial charge in [-0.3, -0.25) is 14.3 Å². The van der Waals surface area contributed by atoms with Crippen LogP contribution >= 0.6 is 0 Å². The quantitative estimate of drug-likeness (QED) is 0.481. The number of aryl methyl sites for hydroxylation is 1. The number of halogens is 2. The van der Waals surface area contributed by atoms with Gasteiger partial charge >= 0.3 is 5.69 Å². The lowest BCUT2D eigenvalue weighted by molar-refractivity contribution is 0.510. The van der Waals surface area contributed by atoms with Gasteiger partial charge in [0.1, 0.15) is 5.52 Å². The predicted molar refractivity (Wildman–Crippen MR) is 105 cm³/mol. The molecule has 0 fully saturated rings. The van der Waals surface area contributed by atoms with Crippen molar-refractivity contribution in [3.63, 3.8) is 0 Å². The largest absolute Gasteiger partial charge is 0.336 e. The van der Waals surface area contributed by atoms with E-state index in [9.17, 15) is 18.4 Å². The van der Waals surface area contributed by atoms with Gasteiger partial charge in [0.2, 0.25) is 0 Å². The summed E-state index contributed by atoms with van der Waals surface area (Å²) in [6, 6.07) is 3.42. The van der Waals surface area contributed by atoms with E-state index in [0.29, 0.717) is 5.56 Å². The molecule has 0 aliphatic carbocycles. The summed E-state index contributed by atoms with van der Waals surface area (Å²) >= 11 is 0. The van der Waals surface area contributed by atoms with E-state index in [4.69, 9.17) is 6.42 Å². The molecule has 4 rings (SSSR count). The van der Waals surface area contributed by atoms with E-state index in [1.54, 1.807) is 13.0 Å². The zero-order valence-electron chi connectivity index (χ0n) is 15.9. The van der Waals surface area contributed by atoms with E-state index in [1.807, 2.05) is 0 Å². The highest BCUT2D eigenvalue weighted by molar-refractivity contribution is 5.76. The Kier molecular flexibility index (Phi) is 4.50. The van der Waals surface area contributed by atoms with E-state index < -0.39 is 22.9 Å². The smallest absolute Gasteiger partial charge is 0.284 e. The summed E-state index contributed by atoms with van der Waals surface area (Å²) in [5, 5.41) is 7.71. The van der Waals surface area contributed by atoms with Crippen LogP contribution in [0.3, 0.4) is 0 Å². The van der Waals surface area contributed by atoms with Crippen molar-refractivity contribution in [2.24, 2.45) is 0 Å². The van der Waals surface area contributed by atoms with E-state index >= 15 is 0 Å². The van der Waals surface area contributed by atoms with Crippen LogP contribution in [0.25, 0.3) is 22.4 Å². The van der Waals surface area contributed by atoms with Crippen LogP contribution < -0.4 is 11.2 Å². The van der Waals surface area contributed by atoms with Crippen molar-refractivity contribution in [1.29, 1.82) is 0 Å². The molecule has 0 spiro atoms. The van der Waals surface area contributed by atoms with Crippen LogP contribution in [0.15, 0.2) is 40.2 Å². The number of pyridine rings is 1. The standard InChI is InChI=1S/C20H14F2N6O2/c1-4-7-26-12(3)18(28-16-9-14(22)13(21)8-15(16)24-25-28)19(29)27(20(26)30)17-10-23-6-5-11(17)2/h1,5-6,8-10H,7H2,2-3H3. The van der Waals surface area contributed by atoms with E-state index in [0.717, 1.165) is 21.4 Å². The number of rotatable bonds is 3. The molecule has 8 nitrogen and oxygen atoms in total. The summed E-state index contributed by atoms with van der Waals surface area (Å²) in [4.78, 5) is 30.5. The predicted octanol–water partition coefficient (Wildman–Crippen LogP) is 1.66. The number of aromatic nitrogens is 6. The molecule has 10 heteroatoms. The molecule has 0 saturated carbocycles. The summed E-state index contributed by atoms with van der Waals surface area (Å²) in [6.45, 7) is 3.12. The van der Waals surface area contributed by atoms with E-state index in [-0.39, 0.29) is 34.6 Å². The maximum Gasteiger partial charge on any atom is 0.336 e. The number of nitrogens with zero attached hydrogens (tertiary/aromatic N) is 6. The lowest BCUT2D eigenvalue weighted by Crippen LogP contribution is -2.42. The first-order chi connectivity index (χ1) is 14.3. The van der Waals surface area contributed by atoms with Gasteiger partial charge in [-0.25, -0.2) is 22.8 Å². The van der Waals surface area contributed by atoms with Gasteiger partial charge in [0, 0.05) is 18.3 Å². The summed E-state index contributed by atoms with van der Waals surface area (Å²) < 4.78 is 30.7. The highest BCUT2D eigenvalue weighted by Crippen LogP contribution is 2.20. The van der Waals surface area contributed by atoms with Gasteiger partial charge in [0.05, 0.1) is 29.6 Å². The molecular weight excluding hydrogens is 394 g/mol. The fourth-order valence-electron chi connectivity index (χ4n) is 3.24. The molecule has 1 aromatic carbocycles. The number of benzene rings is 1. The van der Waals surface area contributed by atoms with Crippen LogP contribution in [0, 0.1) is 37.8 Å². The Morgan fingerprint density at radius 2 is 1.90 bits per heavy atom. The van der Waals surface area contributed by atoms with Gasteiger partial charge in [-0.15, -0.1) is 11.5 Å². The molecule has 150 valence electrons. The van der Waals surface area contributed by atoms with Gasteiger partial charge in [-0.2, -0.15) is 0 Å². The van der Waals surface area contributed by atoms with Crippen molar-refractivity contribution < 1.29 is 8.78 Å². The second-order valence-corrected chi connectivity index (χ2v) is 6.57. The van der Waals surface area contributed by atoms with Crippen molar-refractivity contribution in [2.75, 3.05) is 0 Å². The first kappa shape index (κ1) is 19.2. The first-order valence-corrected chi connectivity index (χ1v) is 8.77. The second-order valence-electron chi connectivity index (χ2n) is 6.57. The molecule has 30 heavy (non-hydrogen) atoms. The van der Waals surface area contributed by atoms with Gasteiger partial charge in [-0.05, 0) is 25.5 Å². The van der Waals surface area contributed by atoms with Crippen molar-refractivity contribution in [2.45, 2.75) is 20.4 Å². The molecule has 0 N–H and O–H groups in total. The Balaban J connectivity index is 2.16. The third-order valence-electron chi connectivity index (χ3n) is 4.78. The third-order valence-corrected chi connectivity index (χ3v) is 4.78. The molecule has 0 amide bonds. The van der Waals surface area contributed by atoms with Crippen molar-refractivity contribution >= 4 is 11.0 Å². The highest BCUT2D eigenvalue weighted by Gasteiger charge is 2.22. The van der Waals surface area contributed by atoms with Crippen molar-refractivity contribution in [3.05, 3.63) is 74.3 Å². The molecule has 4 aromatic rings. The fourth-order valence-corrected chi connectivity index (χ4v) is 3.24. The minimum Gasteiger partial charge on any atom is -0.284 e. The van der Waals surface area contributed by atoms with Gasteiger partial charge in [0.15, 0.2) is 17.3 Å². The molecule has 0 saturated heterocycles. The summed E-state index contributed by atoms with van der Waals surface area (Å²) in [5.41, 5.74) is -0.237. The molecule has 0 bridgehead atoms.